The van der Waals surface area contributed by atoms with Crippen LogP contribution in [-0.2, 0) is 4.74 Å². The third kappa shape index (κ3) is 2.10. The highest BCUT2D eigenvalue weighted by atomic mass is 16.5. The van der Waals surface area contributed by atoms with Gasteiger partial charge in [-0.1, -0.05) is 0 Å². The minimum atomic E-state index is -0.456. The summed E-state index contributed by atoms with van der Waals surface area (Å²) in [5.74, 6) is -0.456. The summed E-state index contributed by atoms with van der Waals surface area (Å²) in [7, 11) is 2.95. The minimum absolute atomic E-state index is 0.164. The molecule has 0 heterocycles. The van der Waals surface area contributed by atoms with Crippen molar-refractivity contribution in [1.82, 2.24) is 0 Å². The molecule has 0 atom stereocenters. The van der Waals surface area contributed by atoms with Crippen LogP contribution in [0.15, 0.2) is 29.1 Å². The number of hydrogen-bond donors (Lipinski definition) is 1. The SMILES string of the molecule is CNc1ccc(C(=O)OC)ccc1=O. The maximum atomic E-state index is 11.3. The van der Waals surface area contributed by atoms with Crippen molar-refractivity contribution in [2.45, 2.75) is 0 Å². The monoisotopic (exact) mass is 193 g/mol. The molecule has 0 bridgehead atoms. The molecule has 1 aromatic carbocycles. The molecule has 0 aliphatic heterocycles. The van der Waals surface area contributed by atoms with E-state index in [1.807, 2.05) is 0 Å². The van der Waals surface area contributed by atoms with Crippen molar-refractivity contribution < 1.29 is 9.53 Å². The Morgan fingerprint density at radius 1 is 1.29 bits per heavy atom. The molecule has 1 N–H and O–H groups in total. The topological polar surface area (TPSA) is 55.4 Å². The van der Waals surface area contributed by atoms with Crippen LogP contribution in [-0.4, -0.2) is 20.1 Å². The zero-order valence-corrected chi connectivity index (χ0v) is 8.03. The van der Waals surface area contributed by atoms with Gasteiger partial charge >= 0.3 is 5.97 Å². The van der Waals surface area contributed by atoms with E-state index >= 15 is 0 Å². The van der Waals surface area contributed by atoms with Gasteiger partial charge in [0.05, 0.1) is 18.4 Å². The summed E-state index contributed by atoms with van der Waals surface area (Å²) in [6.07, 6.45) is 0. The molecule has 74 valence electrons. The Morgan fingerprint density at radius 2 is 1.93 bits per heavy atom. The number of anilines is 1. The van der Waals surface area contributed by atoms with Gasteiger partial charge in [0.15, 0.2) is 0 Å². The van der Waals surface area contributed by atoms with Gasteiger partial charge < -0.3 is 10.1 Å². The summed E-state index contributed by atoms with van der Waals surface area (Å²) in [6.45, 7) is 0. The summed E-state index contributed by atoms with van der Waals surface area (Å²) in [4.78, 5) is 22.4. The van der Waals surface area contributed by atoms with Crippen LogP contribution in [0.4, 0.5) is 5.69 Å². The first-order valence-corrected chi connectivity index (χ1v) is 4.09. The standard InChI is InChI=1S/C10H11NO3/c1-11-8-5-3-7(10(13)14-2)4-6-9(8)12/h3-6H,1-2H3,(H,11,12). The van der Waals surface area contributed by atoms with Gasteiger partial charge in [0, 0.05) is 7.05 Å². The molecule has 0 spiro atoms. The Balaban J connectivity index is 3.22. The fourth-order valence-electron chi connectivity index (χ4n) is 1.03. The molecule has 1 rings (SSSR count). The van der Waals surface area contributed by atoms with Gasteiger partial charge in [-0.2, -0.15) is 0 Å². The van der Waals surface area contributed by atoms with Crippen LogP contribution in [0.2, 0.25) is 0 Å². The summed E-state index contributed by atoms with van der Waals surface area (Å²) >= 11 is 0. The molecule has 14 heavy (non-hydrogen) atoms. The number of methoxy groups -OCH3 is 1. The first-order chi connectivity index (χ1) is 6.69. The van der Waals surface area contributed by atoms with E-state index in [4.69, 9.17) is 0 Å². The van der Waals surface area contributed by atoms with Gasteiger partial charge in [0.25, 0.3) is 0 Å². The van der Waals surface area contributed by atoms with Crippen molar-refractivity contribution >= 4 is 11.7 Å². The Kier molecular flexibility index (Phi) is 3.23. The molecule has 4 heteroatoms. The van der Waals surface area contributed by atoms with Crippen molar-refractivity contribution in [2.75, 3.05) is 19.5 Å². The zero-order valence-electron chi connectivity index (χ0n) is 8.03. The van der Waals surface area contributed by atoms with E-state index in [1.165, 1.54) is 19.2 Å². The van der Waals surface area contributed by atoms with Crippen molar-refractivity contribution in [3.8, 4) is 0 Å². The van der Waals surface area contributed by atoms with Crippen LogP contribution in [0, 0.1) is 0 Å². The highest BCUT2D eigenvalue weighted by Crippen LogP contribution is 2.02. The van der Waals surface area contributed by atoms with Gasteiger partial charge in [-0.15, -0.1) is 0 Å². The first-order valence-electron chi connectivity index (χ1n) is 4.09. The van der Waals surface area contributed by atoms with E-state index in [0.29, 0.717) is 11.3 Å². The van der Waals surface area contributed by atoms with Gasteiger partial charge in [-0.05, 0) is 24.3 Å². The summed E-state index contributed by atoms with van der Waals surface area (Å²) in [5, 5.41) is 2.73. The second-order valence-corrected chi connectivity index (χ2v) is 2.64. The number of rotatable bonds is 2. The lowest BCUT2D eigenvalue weighted by Gasteiger charge is -1.93. The van der Waals surface area contributed by atoms with Gasteiger partial charge in [-0.25, -0.2) is 4.79 Å². The number of carbonyl (C=O) groups excluding carboxylic acids is 1. The fraction of sp³-hybridized carbons (Fsp3) is 0.200. The lowest BCUT2D eigenvalue weighted by atomic mass is 10.3. The van der Waals surface area contributed by atoms with Crippen LogP contribution in [0.3, 0.4) is 0 Å². The molecule has 0 unspecified atom stereocenters. The van der Waals surface area contributed by atoms with Gasteiger partial charge in [0.2, 0.25) is 5.43 Å². The highest BCUT2D eigenvalue weighted by Gasteiger charge is 2.03. The van der Waals surface area contributed by atoms with Crippen LogP contribution in [0.5, 0.6) is 0 Å². The van der Waals surface area contributed by atoms with E-state index in [0.717, 1.165) is 0 Å². The molecule has 0 fully saturated rings. The Hall–Kier alpha value is -1.84. The van der Waals surface area contributed by atoms with Crippen LogP contribution < -0.4 is 10.7 Å². The fourth-order valence-corrected chi connectivity index (χ4v) is 1.03. The highest BCUT2D eigenvalue weighted by molar-refractivity contribution is 5.89. The predicted molar refractivity (Wildman–Crippen MR) is 53.6 cm³/mol. The lowest BCUT2D eigenvalue weighted by molar-refractivity contribution is 0.0601. The third-order valence-corrected chi connectivity index (χ3v) is 1.80. The third-order valence-electron chi connectivity index (χ3n) is 1.80. The van der Waals surface area contributed by atoms with E-state index in [2.05, 4.69) is 10.1 Å². The number of esters is 1. The second kappa shape index (κ2) is 4.41. The average molecular weight is 193 g/mol. The molecular weight excluding hydrogens is 182 g/mol. The molecule has 4 nitrogen and oxygen atoms in total. The van der Waals surface area contributed by atoms with Crippen molar-refractivity contribution in [3.63, 3.8) is 0 Å². The second-order valence-electron chi connectivity index (χ2n) is 2.64. The summed E-state index contributed by atoms with van der Waals surface area (Å²) in [6, 6.07) is 5.86. The van der Waals surface area contributed by atoms with Crippen LogP contribution >= 0.6 is 0 Å². The molecule has 0 aromatic heterocycles. The maximum Gasteiger partial charge on any atom is 0.337 e. The van der Waals surface area contributed by atoms with Crippen molar-refractivity contribution in [1.29, 1.82) is 0 Å². The summed E-state index contributed by atoms with van der Waals surface area (Å²) < 4.78 is 4.53. The quantitative estimate of drug-likeness (QED) is 0.708. The molecular formula is C10H11NO3. The predicted octanol–water partition coefficient (Wildman–Crippen LogP) is 0.875. The molecule has 0 saturated heterocycles. The van der Waals surface area contributed by atoms with Crippen LogP contribution in [0.25, 0.3) is 0 Å². The lowest BCUT2D eigenvalue weighted by Crippen LogP contribution is -2.02. The number of hydrogen-bond acceptors (Lipinski definition) is 4. The Bertz CT molecular complexity index is 401. The molecule has 0 amide bonds. The average Bonchev–Trinajstić information content (AvgIpc) is 2.39. The van der Waals surface area contributed by atoms with Crippen LogP contribution in [0.1, 0.15) is 10.4 Å². The van der Waals surface area contributed by atoms with Crippen molar-refractivity contribution in [3.05, 3.63) is 40.1 Å². The molecule has 0 radical (unpaired) electrons. The largest absolute Gasteiger partial charge is 0.465 e. The Morgan fingerprint density at radius 3 is 2.50 bits per heavy atom. The molecule has 1 aromatic rings. The zero-order chi connectivity index (χ0) is 10.6. The minimum Gasteiger partial charge on any atom is -0.465 e. The number of ether oxygens (including phenoxy) is 1. The van der Waals surface area contributed by atoms with E-state index < -0.39 is 5.97 Å². The van der Waals surface area contributed by atoms with E-state index in [-0.39, 0.29) is 5.43 Å². The normalized spacial score (nSPS) is 9.29. The smallest absolute Gasteiger partial charge is 0.337 e. The van der Waals surface area contributed by atoms with Gasteiger partial charge in [0.1, 0.15) is 0 Å². The molecule has 0 aliphatic carbocycles. The first kappa shape index (κ1) is 10.2. The molecule has 0 aliphatic rings. The summed E-state index contributed by atoms with van der Waals surface area (Å²) in [5.41, 5.74) is 0.633. The van der Waals surface area contributed by atoms with E-state index in [9.17, 15) is 9.59 Å². The molecule has 0 saturated carbocycles. The van der Waals surface area contributed by atoms with Crippen molar-refractivity contribution in [2.24, 2.45) is 0 Å². The van der Waals surface area contributed by atoms with E-state index in [1.54, 1.807) is 19.2 Å². The number of nitrogens with one attached hydrogen (secondary N) is 1. The maximum absolute atomic E-state index is 11.3. The van der Waals surface area contributed by atoms with Gasteiger partial charge in [-0.3, -0.25) is 4.79 Å². The Labute approximate surface area is 81.5 Å². The number of carbonyl (C=O) groups is 1.